The van der Waals surface area contributed by atoms with Crippen molar-refractivity contribution in [2.75, 3.05) is 4.93 Å². The van der Waals surface area contributed by atoms with Crippen molar-refractivity contribution < 1.29 is 0 Å². The first kappa shape index (κ1) is 8.73. The third-order valence-electron chi connectivity index (χ3n) is 1.38. The molecule has 1 heteroatoms. The minimum absolute atomic E-state index is 0.505. The van der Waals surface area contributed by atoms with E-state index in [0.29, 0.717) is 0 Å². The molecular weight excluding hydrogens is 211 g/mol. The molecule has 0 aliphatic rings. The second-order valence-corrected chi connectivity index (χ2v) is 10.8. The maximum absolute atomic E-state index is 2.47. The number of hydrogen-bond acceptors (Lipinski definition) is 0. The molecule has 0 bridgehead atoms. The molecule has 0 unspecified atom stereocenters. The van der Waals surface area contributed by atoms with Crippen molar-refractivity contribution >= 4 is 19.8 Å². The van der Waals surface area contributed by atoms with Crippen LogP contribution < -0.4 is 0 Å². The fourth-order valence-electron chi connectivity index (χ4n) is 0.504. The Labute approximate surface area is 60.4 Å². The summed E-state index contributed by atoms with van der Waals surface area (Å²) < 4.78 is 2.00. The number of hydrogen-bond donors (Lipinski definition) is 0. The summed E-state index contributed by atoms with van der Waals surface area (Å²) in [7, 11) is 0. The van der Waals surface area contributed by atoms with E-state index in [-0.39, 0.29) is 0 Å². The molecule has 8 heavy (non-hydrogen) atoms. The molecule has 0 saturated carbocycles. The average Bonchev–Trinajstić information content (AvgIpc) is 1.64. The van der Waals surface area contributed by atoms with Gasteiger partial charge in [0.15, 0.2) is 0 Å². The van der Waals surface area contributed by atoms with Crippen LogP contribution in [-0.4, -0.2) is 12.8 Å². The Hall–Kier alpha value is 0.730. The van der Waals surface area contributed by atoms with Crippen LogP contribution in [0.4, 0.5) is 0 Å². The summed E-state index contributed by atoms with van der Waals surface area (Å²) >= 11 is -0.505. The summed E-state index contributed by atoms with van der Waals surface area (Å²) in [6.45, 7) is 9.41. The summed E-state index contributed by atoms with van der Waals surface area (Å²) in [6, 6.07) is 0. The van der Waals surface area contributed by atoms with Crippen molar-refractivity contribution in [2.24, 2.45) is 0 Å². The Morgan fingerprint density at radius 1 is 0.875 bits per heavy atom. The van der Waals surface area contributed by atoms with Crippen LogP contribution in [0, 0.1) is 0 Å². The van der Waals surface area contributed by atoms with Crippen LogP contribution >= 0.6 is 19.8 Å². The number of rotatable bonds is 2. The van der Waals surface area contributed by atoms with Crippen LogP contribution in [0.1, 0.15) is 27.7 Å². The molecule has 0 saturated heterocycles. The zero-order valence-corrected chi connectivity index (χ0v) is 8.69. The normalized spacial score (nSPS) is 13.1. The Morgan fingerprint density at radius 3 is 1.12 bits per heavy atom. The van der Waals surface area contributed by atoms with Gasteiger partial charge in [0.25, 0.3) is 0 Å². The molecule has 0 rings (SSSR count). The molecule has 52 valence electrons. The Kier molecular flexibility index (Phi) is 4.04. The van der Waals surface area contributed by atoms with Crippen molar-refractivity contribution in [3.05, 3.63) is 0 Å². The van der Waals surface area contributed by atoms with Crippen LogP contribution in [0.3, 0.4) is 0 Å². The second kappa shape index (κ2) is 3.70. The molecule has 0 aromatic heterocycles. The first-order chi connectivity index (χ1) is 3.55. The molecule has 0 aliphatic heterocycles. The molecule has 0 fully saturated rings. The molecule has 0 N–H and O–H groups in total. The third kappa shape index (κ3) is 2.90. The van der Waals surface area contributed by atoms with Gasteiger partial charge < -0.3 is 0 Å². The van der Waals surface area contributed by atoms with Crippen molar-refractivity contribution in [1.29, 1.82) is 0 Å². The van der Waals surface area contributed by atoms with E-state index in [9.17, 15) is 0 Å². The summed E-state index contributed by atoms with van der Waals surface area (Å²) in [5.41, 5.74) is 0. The van der Waals surface area contributed by atoms with Gasteiger partial charge in [0.05, 0.1) is 0 Å². The molecular formula is C7H17I. The van der Waals surface area contributed by atoms with Crippen LogP contribution in [0.2, 0.25) is 0 Å². The van der Waals surface area contributed by atoms with E-state index in [1.807, 2.05) is 0 Å². The van der Waals surface area contributed by atoms with Crippen LogP contribution in [0.25, 0.3) is 0 Å². The van der Waals surface area contributed by atoms with E-state index in [1.165, 1.54) is 0 Å². The van der Waals surface area contributed by atoms with Crippen LogP contribution in [0.15, 0.2) is 0 Å². The van der Waals surface area contributed by atoms with Crippen LogP contribution in [0.5, 0.6) is 0 Å². The topological polar surface area (TPSA) is 0 Å². The molecule has 0 aromatic rings. The van der Waals surface area contributed by atoms with Crippen molar-refractivity contribution in [2.45, 2.75) is 35.5 Å². The fourth-order valence-corrected chi connectivity index (χ4v) is 3.38. The van der Waals surface area contributed by atoms with E-state index in [1.54, 1.807) is 0 Å². The van der Waals surface area contributed by atoms with Gasteiger partial charge in [-0.05, 0) is 0 Å². The zero-order chi connectivity index (χ0) is 6.73. The third-order valence-corrected chi connectivity index (χ3v) is 9.24. The molecule has 0 heterocycles. The van der Waals surface area contributed by atoms with Gasteiger partial charge in [-0.3, -0.25) is 0 Å². The quantitative estimate of drug-likeness (QED) is 0.503. The molecule has 0 nitrogen and oxygen atoms in total. The van der Waals surface area contributed by atoms with Crippen LogP contribution in [-0.2, 0) is 0 Å². The van der Waals surface area contributed by atoms with E-state index in [4.69, 9.17) is 0 Å². The van der Waals surface area contributed by atoms with Gasteiger partial charge in [-0.2, -0.15) is 0 Å². The first-order valence-electron chi connectivity index (χ1n) is 3.12. The minimum atomic E-state index is -0.505. The fraction of sp³-hybridized carbons (Fsp3) is 1.00. The summed E-state index contributed by atoms with van der Waals surface area (Å²) in [5, 5.41) is 0. The molecule has 0 aromatic carbocycles. The Morgan fingerprint density at radius 2 is 1.12 bits per heavy atom. The summed E-state index contributed by atoms with van der Waals surface area (Å²) in [6.07, 6.45) is 0. The predicted molar refractivity (Wildman–Crippen MR) is 50.2 cm³/mol. The van der Waals surface area contributed by atoms with E-state index >= 15 is 0 Å². The van der Waals surface area contributed by atoms with Crippen molar-refractivity contribution in [3.8, 4) is 0 Å². The maximum atomic E-state index is 2.47. The van der Waals surface area contributed by atoms with Gasteiger partial charge in [-0.25, -0.2) is 0 Å². The second-order valence-electron chi connectivity index (χ2n) is 2.59. The van der Waals surface area contributed by atoms with E-state index in [0.717, 1.165) is 7.85 Å². The molecule has 0 radical (unpaired) electrons. The van der Waals surface area contributed by atoms with Gasteiger partial charge >= 0.3 is 60.3 Å². The van der Waals surface area contributed by atoms with Crippen molar-refractivity contribution in [3.63, 3.8) is 0 Å². The molecule has 0 spiro atoms. The number of halogens is 1. The summed E-state index contributed by atoms with van der Waals surface area (Å²) in [4.78, 5) is 2.47. The number of alkyl halides is 3. The Bertz CT molecular complexity index is 49.4. The Balaban J connectivity index is 3.46. The van der Waals surface area contributed by atoms with Crippen molar-refractivity contribution in [1.82, 2.24) is 0 Å². The van der Waals surface area contributed by atoms with E-state index < -0.39 is 19.8 Å². The van der Waals surface area contributed by atoms with Gasteiger partial charge in [0, 0.05) is 0 Å². The molecule has 0 amide bonds. The monoisotopic (exact) mass is 228 g/mol. The first-order valence-corrected chi connectivity index (χ1v) is 7.77. The van der Waals surface area contributed by atoms with Gasteiger partial charge in [-0.1, -0.05) is 0 Å². The van der Waals surface area contributed by atoms with Gasteiger partial charge in [-0.15, -0.1) is 0 Å². The predicted octanol–water partition coefficient (Wildman–Crippen LogP) is 2.94. The molecule has 0 aliphatic carbocycles. The zero-order valence-electron chi connectivity index (χ0n) is 6.53. The molecule has 0 atom stereocenters. The standard InChI is InChI=1S/C7H17I/c1-6(2)8(5)7(3)4/h6-7H,1-5H3. The van der Waals surface area contributed by atoms with Gasteiger partial charge in [0.2, 0.25) is 0 Å². The average molecular weight is 228 g/mol. The van der Waals surface area contributed by atoms with Gasteiger partial charge in [0.1, 0.15) is 0 Å². The van der Waals surface area contributed by atoms with E-state index in [2.05, 4.69) is 32.6 Å². The SMILES string of the molecule is CC(C)I(C)C(C)C. The summed E-state index contributed by atoms with van der Waals surface area (Å²) in [5.74, 6) is 0.